The van der Waals surface area contributed by atoms with E-state index < -0.39 is 24.2 Å². The van der Waals surface area contributed by atoms with Gasteiger partial charge in [0.15, 0.2) is 6.73 Å². The second-order valence-corrected chi connectivity index (χ2v) is 4.09. The monoisotopic (exact) mass is 303 g/mol. The summed E-state index contributed by atoms with van der Waals surface area (Å²) in [7, 11) is 0. The molecule has 0 aliphatic rings. The van der Waals surface area contributed by atoms with Crippen LogP contribution in [-0.2, 0) is 25.8 Å². The summed E-state index contributed by atoms with van der Waals surface area (Å²) in [6, 6.07) is 6.69. The van der Waals surface area contributed by atoms with Crippen molar-refractivity contribution in [2.24, 2.45) is 0 Å². The van der Waals surface area contributed by atoms with Gasteiger partial charge in [0.1, 0.15) is 5.52 Å². The molecule has 1 aromatic carbocycles. The Morgan fingerprint density at radius 2 is 1.86 bits per heavy atom. The topological polar surface area (TPSA) is 100 Å². The highest BCUT2D eigenvalue weighted by Crippen LogP contribution is 2.03. The molecule has 0 N–H and O–H groups in total. The SMILES string of the molecule is CCOC(=O)/C=C/C(=O)OCn1nnc2ccccc2c1=O. The van der Waals surface area contributed by atoms with Crippen LogP contribution in [0.15, 0.2) is 41.2 Å². The van der Waals surface area contributed by atoms with Crippen molar-refractivity contribution in [1.29, 1.82) is 0 Å². The highest BCUT2D eigenvalue weighted by Gasteiger charge is 2.06. The third-order valence-corrected chi connectivity index (χ3v) is 2.60. The standard InChI is InChI=1S/C14H13N3O5/c1-2-21-12(18)7-8-13(19)22-9-17-14(20)10-5-3-4-6-11(10)15-16-17/h3-8H,2,9H2,1H3/b8-7+. The Hall–Kier alpha value is -3.03. The number of ether oxygens (including phenoxy) is 2. The van der Waals surface area contributed by atoms with Crippen molar-refractivity contribution in [1.82, 2.24) is 15.0 Å². The summed E-state index contributed by atoms with van der Waals surface area (Å²) >= 11 is 0. The Morgan fingerprint density at radius 3 is 2.59 bits per heavy atom. The van der Waals surface area contributed by atoms with Gasteiger partial charge in [-0.25, -0.2) is 9.59 Å². The Kier molecular flexibility index (Phi) is 4.97. The number of carbonyl (C=O) groups is 2. The first-order valence-corrected chi connectivity index (χ1v) is 6.46. The summed E-state index contributed by atoms with van der Waals surface area (Å²) in [4.78, 5) is 34.5. The van der Waals surface area contributed by atoms with E-state index in [0.29, 0.717) is 10.9 Å². The lowest BCUT2D eigenvalue weighted by Gasteiger charge is -2.04. The first-order valence-electron chi connectivity index (χ1n) is 6.46. The fraction of sp³-hybridized carbons (Fsp3) is 0.214. The second kappa shape index (κ2) is 7.11. The molecule has 0 unspecified atom stereocenters. The van der Waals surface area contributed by atoms with E-state index in [-0.39, 0.29) is 6.61 Å². The first kappa shape index (κ1) is 15.4. The number of rotatable bonds is 5. The molecule has 2 aromatic rings. The summed E-state index contributed by atoms with van der Waals surface area (Å²) in [6.45, 7) is 1.46. The van der Waals surface area contributed by atoms with Crippen LogP contribution in [0.2, 0.25) is 0 Å². The van der Waals surface area contributed by atoms with Gasteiger partial charge in [0.2, 0.25) is 0 Å². The van der Waals surface area contributed by atoms with Gasteiger partial charge >= 0.3 is 11.9 Å². The van der Waals surface area contributed by atoms with Gasteiger partial charge in [-0.05, 0) is 19.1 Å². The van der Waals surface area contributed by atoms with E-state index in [1.807, 2.05) is 0 Å². The zero-order valence-electron chi connectivity index (χ0n) is 11.8. The van der Waals surface area contributed by atoms with Gasteiger partial charge in [-0.15, -0.1) is 5.10 Å². The molecule has 0 amide bonds. The van der Waals surface area contributed by atoms with E-state index in [4.69, 9.17) is 4.74 Å². The van der Waals surface area contributed by atoms with Crippen LogP contribution >= 0.6 is 0 Å². The molecule has 22 heavy (non-hydrogen) atoms. The quantitative estimate of drug-likeness (QED) is 0.582. The molecule has 8 nitrogen and oxygen atoms in total. The van der Waals surface area contributed by atoms with E-state index in [2.05, 4.69) is 15.0 Å². The number of fused-ring (bicyclic) bond motifs is 1. The first-order chi connectivity index (χ1) is 10.6. The molecule has 8 heteroatoms. The fourth-order valence-corrected chi connectivity index (χ4v) is 1.61. The van der Waals surface area contributed by atoms with Gasteiger partial charge in [0.05, 0.1) is 12.0 Å². The zero-order chi connectivity index (χ0) is 15.9. The second-order valence-electron chi connectivity index (χ2n) is 4.09. The van der Waals surface area contributed by atoms with Crippen LogP contribution in [0.25, 0.3) is 10.9 Å². The van der Waals surface area contributed by atoms with Crippen molar-refractivity contribution in [3.05, 3.63) is 46.8 Å². The molecular formula is C14H13N3O5. The highest BCUT2D eigenvalue weighted by atomic mass is 16.5. The van der Waals surface area contributed by atoms with Crippen LogP contribution in [0.1, 0.15) is 6.92 Å². The highest BCUT2D eigenvalue weighted by molar-refractivity contribution is 5.91. The molecule has 2 rings (SSSR count). The Balaban J connectivity index is 2.03. The van der Waals surface area contributed by atoms with Crippen molar-refractivity contribution >= 4 is 22.8 Å². The predicted molar refractivity (Wildman–Crippen MR) is 75.7 cm³/mol. The molecular weight excluding hydrogens is 290 g/mol. The Labute approximate surface area is 124 Å². The van der Waals surface area contributed by atoms with Gasteiger partial charge in [-0.2, -0.15) is 4.68 Å². The molecule has 0 radical (unpaired) electrons. The number of esters is 2. The van der Waals surface area contributed by atoms with Gasteiger partial charge < -0.3 is 9.47 Å². The average molecular weight is 303 g/mol. The summed E-state index contributed by atoms with van der Waals surface area (Å²) in [5.74, 6) is -1.45. The van der Waals surface area contributed by atoms with Gasteiger partial charge in [0.25, 0.3) is 5.56 Å². The molecule has 0 saturated heterocycles. The van der Waals surface area contributed by atoms with Crippen molar-refractivity contribution in [3.63, 3.8) is 0 Å². The van der Waals surface area contributed by atoms with Crippen LogP contribution < -0.4 is 5.56 Å². The maximum atomic E-state index is 12.1. The van der Waals surface area contributed by atoms with Crippen molar-refractivity contribution in [2.45, 2.75) is 13.7 Å². The minimum absolute atomic E-state index is 0.209. The Morgan fingerprint density at radius 1 is 1.18 bits per heavy atom. The molecule has 0 saturated carbocycles. The minimum Gasteiger partial charge on any atom is -0.463 e. The molecule has 0 spiro atoms. The number of nitrogens with zero attached hydrogens (tertiary/aromatic N) is 3. The largest absolute Gasteiger partial charge is 0.463 e. The number of hydrogen-bond donors (Lipinski definition) is 0. The predicted octanol–water partition coefficient (Wildman–Crippen LogP) is 0.411. The third-order valence-electron chi connectivity index (χ3n) is 2.60. The maximum Gasteiger partial charge on any atom is 0.332 e. The van der Waals surface area contributed by atoms with Crippen LogP contribution in [0, 0.1) is 0 Å². The molecule has 1 heterocycles. The molecule has 1 aromatic heterocycles. The molecule has 0 atom stereocenters. The maximum absolute atomic E-state index is 12.1. The summed E-state index contributed by atoms with van der Waals surface area (Å²) in [6.07, 6.45) is 1.86. The summed E-state index contributed by atoms with van der Waals surface area (Å²) in [5, 5.41) is 7.88. The fourth-order valence-electron chi connectivity index (χ4n) is 1.61. The summed E-state index contributed by atoms with van der Waals surface area (Å²) in [5.41, 5.74) is 0.0325. The lowest BCUT2D eigenvalue weighted by molar-refractivity contribution is -0.143. The van der Waals surface area contributed by atoms with Crippen LogP contribution in [0.5, 0.6) is 0 Å². The number of benzene rings is 1. The van der Waals surface area contributed by atoms with Gasteiger partial charge in [-0.1, -0.05) is 17.3 Å². The van der Waals surface area contributed by atoms with Crippen molar-refractivity contribution in [2.75, 3.05) is 6.61 Å². The van der Waals surface area contributed by atoms with Crippen molar-refractivity contribution in [3.8, 4) is 0 Å². The Bertz CT molecular complexity index is 781. The number of hydrogen-bond acceptors (Lipinski definition) is 7. The normalized spacial score (nSPS) is 10.8. The third kappa shape index (κ3) is 3.75. The number of carbonyl (C=O) groups excluding carboxylic acids is 2. The summed E-state index contributed by atoms with van der Waals surface area (Å²) < 4.78 is 10.3. The van der Waals surface area contributed by atoms with Crippen molar-refractivity contribution < 1.29 is 19.1 Å². The zero-order valence-corrected chi connectivity index (χ0v) is 11.8. The van der Waals surface area contributed by atoms with Gasteiger partial charge in [-0.3, -0.25) is 4.79 Å². The smallest absolute Gasteiger partial charge is 0.332 e. The van der Waals surface area contributed by atoms with E-state index in [9.17, 15) is 14.4 Å². The lowest BCUT2D eigenvalue weighted by Crippen LogP contribution is -2.26. The van der Waals surface area contributed by atoms with Gasteiger partial charge in [0, 0.05) is 12.2 Å². The number of aromatic nitrogens is 3. The van der Waals surface area contributed by atoms with E-state index in [1.165, 1.54) is 0 Å². The molecule has 0 bridgehead atoms. The lowest BCUT2D eigenvalue weighted by atomic mass is 10.2. The molecule has 0 aliphatic carbocycles. The van der Waals surface area contributed by atoms with Crippen LogP contribution in [0.3, 0.4) is 0 Å². The minimum atomic E-state index is -0.796. The van der Waals surface area contributed by atoms with E-state index in [1.54, 1.807) is 31.2 Å². The molecule has 114 valence electrons. The average Bonchev–Trinajstić information content (AvgIpc) is 2.53. The van der Waals surface area contributed by atoms with E-state index in [0.717, 1.165) is 16.8 Å². The van der Waals surface area contributed by atoms with Crippen LogP contribution in [-0.4, -0.2) is 33.5 Å². The van der Waals surface area contributed by atoms with E-state index >= 15 is 0 Å². The molecule has 0 fully saturated rings. The van der Waals surface area contributed by atoms with Crippen LogP contribution in [0.4, 0.5) is 0 Å². The molecule has 0 aliphatic heterocycles.